The Morgan fingerprint density at radius 3 is 2.40 bits per heavy atom. The van der Waals surface area contributed by atoms with Gasteiger partial charge in [-0.05, 0) is 118 Å². The molecule has 286 valence electrons. The van der Waals surface area contributed by atoms with E-state index in [0.29, 0.717) is 12.5 Å². The van der Waals surface area contributed by atoms with Crippen LogP contribution in [0.4, 0.5) is 5.69 Å². The number of rotatable bonds is 17. The number of aryl methyl sites for hydroxylation is 1. The number of likely N-dealkylation sites (tertiary alicyclic amines) is 1. The Hall–Kier alpha value is -4.28. The van der Waals surface area contributed by atoms with Gasteiger partial charge in [0, 0.05) is 55.1 Å². The topological polar surface area (TPSA) is 86.5 Å². The number of hydrogen-bond acceptors (Lipinski definition) is 4. The molecule has 1 aromatic heterocycles. The van der Waals surface area contributed by atoms with Gasteiger partial charge < -0.3 is 25.3 Å². The minimum absolute atomic E-state index is 0.0381. The molecule has 52 heavy (non-hydrogen) atoms. The molecule has 1 aliphatic heterocycles. The van der Waals surface area contributed by atoms with E-state index in [0.717, 1.165) is 73.7 Å². The van der Waals surface area contributed by atoms with Crippen LogP contribution >= 0.6 is 0 Å². The highest BCUT2D eigenvalue weighted by Gasteiger charge is 2.22. The number of aromatic amines is 1. The normalized spacial score (nSPS) is 14.5. The monoisotopic (exact) mass is 713 g/mol. The van der Waals surface area contributed by atoms with E-state index >= 15 is 0 Å². The number of unbranched alkanes of at least 4 members (excludes halogenated alkanes) is 1. The molecule has 2 heterocycles. The van der Waals surface area contributed by atoms with Crippen molar-refractivity contribution >= 4 is 17.5 Å². The number of nitrogens with one attached hydrogen (secondary N) is 3. The highest BCUT2D eigenvalue weighted by Crippen LogP contribution is 2.30. The number of carbonyl (C=O) groups excluding carboxylic acids is 2. The molecule has 3 N–H and O–H groups in total. The lowest BCUT2D eigenvalue weighted by Crippen LogP contribution is -2.46. The number of nitrogens with zero attached hydrogens (tertiary/aromatic N) is 1. The van der Waals surface area contributed by atoms with E-state index in [1.54, 1.807) is 13.0 Å². The molecule has 7 nitrogen and oxygen atoms in total. The molecule has 3 rings (SSSR count). The van der Waals surface area contributed by atoms with Gasteiger partial charge in [-0.2, -0.15) is 0 Å². The van der Waals surface area contributed by atoms with E-state index in [4.69, 9.17) is 4.74 Å². The lowest BCUT2D eigenvalue weighted by molar-refractivity contribution is -0.117. The summed E-state index contributed by atoms with van der Waals surface area (Å²) in [6, 6.07) is 10.3. The fourth-order valence-electron chi connectivity index (χ4n) is 5.97. The van der Waals surface area contributed by atoms with E-state index in [-0.39, 0.29) is 24.3 Å². The summed E-state index contributed by atoms with van der Waals surface area (Å²) >= 11 is 0. The molecule has 2 unspecified atom stereocenters. The average Bonchev–Trinajstić information content (AvgIpc) is 3.56. The minimum Gasteiger partial charge on any atom is -0.381 e. The zero-order chi connectivity index (χ0) is 38.7. The van der Waals surface area contributed by atoms with Gasteiger partial charge in [0.2, 0.25) is 5.91 Å². The van der Waals surface area contributed by atoms with Crippen molar-refractivity contribution in [3.8, 4) is 23.1 Å². The van der Waals surface area contributed by atoms with E-state index < -0.39 is 0 Å². The van der Waals surface area contributed by atoms with Crippen LogP contribution in [0.1, 0.15) is 124 Å². The molecule has 1 saturated heterocycles. The molecular formula is C45H68N4O3. The third-order valence-corrected chi connectivity index (χ3v) is 8.45. The molecule has 0 aliphatic carbocycles. The molecule has 2 amide bonds. The number of H-pyrrole nitrogens is 1. The van der Waals surface area contributed by atoms with Gasteiger partial charge in [-0.1, -0.05) is 84.2 Å². The maximum atomic E-state index is 12.9. The lowest BCUT2D eigenvalue weighted by Gasteiger charge is -2.35. The van der Waals surface area contributed by atoms with E-state index in [1.165, 1.54) is 36.9 Å². The van der Waals surface area contributed by atoms with Crippen LogP contribution in [0.2, 0.25) is 0 Å². The minimum atomic E-state index is -0.241. The molecular weight excluding hydrogens is 645 g/mol. The van der Waals surface area contributed by atoms with E-state index in [9.17, 15) is 9.59 Å². The van der Waals surface area contributed by atoms with Crippen molar-refractivity contribution in [2.24, 2.45) is 0 Å². The summed E-state index contributed by atoms with van der Waals surface area (Å²) in [5.74, 6) is 5.39. The summed E-state index contributed by atoms with van der Waals surface area (Å²) in [7, 11) is 0. The molecule has 0 saturated carbocycles. The van der Waals surface area contributed by atoms with Crippen LogP contribution in [0.3, 0.4) is 0 Å². The van der Waals surface area contributed by atoms with Gasteiger partial charge in [-0.3, -0.25) is 9.59 Å². The predicted octanol–water partition coefficient (Wildman–Crippen LogP) is 10.5. The van der Waals surface area contributed by atoms with Gasteiger partial charge in [-0.25, -0.2) is 0 Å². The standard InChI is InChI=1S/C35H46N4O2.C7H16O.C3H6/c1-7-12-26(6)31-23-33(38-32(31)10-4)27-16-18-28(19-17-27)36-35(41)22-25(5)21-30(13-8-2)39-20-11-15-29(24-39)37-34(40)14-9-3;1-3-5-7-8-6-4-2;1-3-2/h8,13,16-19,21,23,26,29,38H,5,7,10-12,15,20,22,24H2,1-4,6H3,(H,36,41)(H,37,40);3-7H2,1-2H3;3H,1H2,2H3/b13-8-,30-21+;;. The second kappa shape index (κ2) is 27.4. The first-order valence-corrected chi connectivity index (χ1v) is 19.4. The summed E-state index contributed by atoms with van der Waals surface area (Å²) in [6.45, 7) is 27.5. The lowest BCUT2D eigenvalue weighted by atomic mass is 9.95. The number of ether oxygens (including phenoxy) is 1. The van der Waals surface area contributed by atoms with Crippen LogP contribution in [-0.4, -0.2) is 54.0 Å². The number of piperidine rings is 1. The Bertz CT molecular complexity index is 1470. The Kier molecular flexibility index (Phi) is 24.1. The third kappa shape index (κ3) is 17.8. The molecule has 7 heteroatoms. The zero-order valence-electron chi connectivity index (χ0n) is 33.6. The number of benzene rings is 1. The summed E-state index contributed by atoms with van der Waals surface area (Å²) in [5, 5.41) is 6.00. The summed E-state index contributed by atoms with van der Waals surface area (Å²) in [5.41, 5.74) is 7.40. The van der Waals surface area contributed by atoms with Gasteiger partial charge in [0.05, 0.1) is 6.42 Å². The first kappa shape index (κ1) is 45.7. The SMILES string of the molecule is C=C(/C=C(\C=C/C)N1CCCC(NC(=O)C#CC)C1)CC(=O)Nc1ccc(-c2cc(C(C)CCC)c(CC)[nH]2)cc1.C=CC.CCCCOCCC. The Balaban J connectivity index is 0.00000107. The van der Waals surface area contributed by atoms with Crippen LogP contribution in [0.25, 0.3) is 11.3 Å². The van der Waals surface area contributed by atoms with Crippen molar-refractivity contribution in [3.05, 3.63) is 90.3 Å². The molecule has 1 aliphatic rings. The van der Waals surface area contributed by atoms with Crippen LogP contribution in [-0.2, 0) is 20.7 Å². The van der Waals surface area contributed by atoms with Crippen molar-refractivity contribution in [1.29, 1.82) is 0 Å². The Morgan fingerprint density at radius 2 is 1.81 bits per heavy atom. The second-order valence-electron chi connectivity index (χ2n) is 13.2. The Labute approximate surface area is 316 Å². The average molecular weight is 713 g/mol. The van der Waals surface area contributed by atoms with Crippen LogP contribution < -0.4 is 10.6 Å². The van der Waals surface area contributed by atoms with Gasteiger partial charge >= 0.3 is 0 Å². The fraction of sp³-hybridized carbons (Fsp3) is 0.511. The molecule has 1 fully saturated rings. The maximum Gasteiger partial charge on any atom is 0.296 e. The molecule has 2 aromatic rings. The maximum absolute atomic E-state index is 12.9. The van der Waals surface area contributed by atoms with Crippen LogP contribution in [0, 0.1) is 11.8 Å². The molecule has 0 radical (unpaired) electrons. The highest BCUT2D eigenvalue weighted by atomic mass is 16.5. The molecule has 0 spiro atoms. The third-order valence-electron chi connectivity index (χ3n) is 8.45. The fourth-order valence-corrected chi connectivity index (χ4v) is 5.97. The number of carbonyl (C=O) groups is 2. The molecule has 0 bridgehead atoms. The van der Waals surface area contributed by atoms with Crippen molar-refractivity contribution in [3.63, 3.8) is 0 Å². The van der Waals surface area contributed by atoms with Crippen LogP contribution in [0.15, 0.2) is 79.1 Å². The number of aromatic nitrogens is 1. The quantitative estimate of drug-likeness (QED) is 0.0660. The van der Waals surface area contributed by atoms with Crippen molar-refractivity contribution in [2.75, 3.05) is 31.6 Å². The first-order valence-electron chi connectivity index (χ1n) is 19.4. The first-order chi connectivity index (χ1) is 25.1. The number of anilines is 1. The highest BCUT2D eigenvalue weighted by molar-refractivity contribution is 5.93. The van der Waals surface area contributed by atoms with Crippen molar-refractivity contribution in [1.82, 2.24) is 15.2 Å². The van der Waals surface area contributed by atoms with Crippen molar-refractivity contribution in [2.45, 2.75) is 125 Å². The van der Waals surface area contributed by atoms with E-state index in [2.05, 4.69) is 86.2 Å². The van der Waals surface area contributed by atoms with E-state index in [1.807, 2.05) is 56.3 Å². The van der Waals surface area contributed by atoms with Crippen molar-refractivity contribution < 1.29 is 14.3 Å². The zero-order valence-corrected chi connectivity index (χ0v) is 33.6. The van der Waals surface area contributed by atoms with Gasteiger partial charge in [0.25, 0.3) is 5.91 Å². The van der Waals surface area contributed by atoms with Gasteiger partial charge in [-0.15, -0.1) is 6.58 Å². The Morgan fingerprint density at radius 1 is 1.10 bits per heavy atom. The number of amides is 2. The summed E-state index contributed by atoms with van der Waals surface area (Å²) in [4.78, 5) is 30.6. The summed E-state index contributed by atoms with van der Waals surface area (Å²) < 4.78 is 5.22. The largest absolute Gasteiger partial charge is 0.381 e. The second-order valence-corrected chi connectivity index (χ2v) is 13.2. The summed E-state index contributed by atoms with van der Waals surface area (Å²) in [6.07, 6.45) is 16.7. The van der Waals surface area contributed by atoms with Gasteiger partial charge in [0.1, 0.15) is 0 Å². The smallest absolute Gasteiger partial charge is 0.296 e. The molecule has 1 aromatic carbocycles. The van der Waals surface area contributed by atoms with Gasteiger partial charge in [0.15, 0.2) is 0 Å². The number of allylic oxidation sites excluding steroid dienone is 4. The molecule has 2 atom stereocenters. The number of hydrogen-bond donors (Lipinski definition) is 3. The predicted molar refractivity (Wildman–Crippen MR) is 222 cm³/mol. The van der Waals surface area contributed by atoms with Crippen LogP contribution in [0.5, 0.6) is 0 Å².